The Morgan fingerprint density at radius 2 is 1.85 bits per heavy atom. The van der Waals surface area contributed by atoms with Crippen LogP contribution in [0.1, 0.15) is 43.5 Å². The summed E-state index contributed by atoms with van der Waals surface area (Å²) >= 11 is 9.76. The predicted octanol–water partition coefficient (Wildman–Crippen LogP) is 7.65. The molecule has 0 spiro atoms. The zero-order chi connectivity index (χ0) is 28.9. The van der Waals surface area contributed by atoms with Crippen LogP contribution in [0.25, 0.3) is 6.08 Å². The fourth-order valence-corrected chi connectivity index (χ4v) is 4.92. The molecule has 1 heterocycles. The maximum Gasteiger partial charge on any atom is 0.410 e. The fourth-order valence-electron chi connectivity index (χ4n) is 4.35. The van der Waals surface area contributed by atoms with Gasteiger partial charge in [0.1, 0.15) is 23.8 Å². The van der Waals surface area contributed by atoms with Crippen molar-refractivity contribution in [2.45, 2.75) is 39.0 Å². The van der Waals surface area contributed by atoms with Gasteiger partial charge >= 0.3 is 6.09 Å². The van der Waals surface area contributed by atoms with Gasteiger partial charge in [-0.05, 0) is 68.8 Å². The highest BCUT2D eigenvalue weighted by atomic mass is 79.9. The van der Waals surface area contributed by atoms with Crippen molar-refractivity contribution in [1.82, 2.24) is 9.80 Å². The van der Waals surface area contributed by atoms with Crippen molar-refractivity contribution in [2.75, 3.05) is 19.6 Å². The van der Waals surface area contributed by atoms with E-state index in [4.69, 9.17) is 21.1 Å². The summed E-state index contributed by atoms with van der Waals surface area (Å²) in [5.41, 5.74) is 1.49. The zero-order valence-electron chi connectivity index (χ0n) is 22.6. The van der Waals surface area contributed by atoms with E-state index >= 15 is 0 Å². The van der Waals surface area contributed by atoms with Crippen LogP contribution >= 0.6 is 27.5 Å². The summed E-state index contributed by atoms with van der Waals surface area (Å²) in [5.74, 6) is -0.0944. The van der Waals surface area contributed by atoms with Gasteiger partial charge in [-0.1, -0.05) is 57.9 Å². The molecular weight excluding hydrogens is 599 g/mol. The Labute approximate surface area is 247 Å². The molecule has 40 heavy (non-hydrogen) atoms. The first kappa shape index (κ1) is 29.6. The Hall–Kier alpha value is -3.36. The first-order valence-electron chi connectivity index (χ1n) is 12.9. The van der Waals surface area contributed by atoms with E-state index in [1.165, 1.54) is 18.2 Å². The lowest BCUT2D eigenvalue weighted by atomic mass is 10.0. The SMILES string of the molecule is CC(C)(C)OC(=O)N1CCN(C(=O)/C=C/c2cc(Br)ccc2OCc2ccccc2Cl)C(c2cccc(F)c2)C1. The third-order valence-corrected chi connectivity index (χ3v) is 7.13. The summed E-state index contributed by atoms with van der Waals surface area (Å²) < 4.78 is 26.6. The van der Waals surface area contributed by atoms with Crippen molar-refractivity contribution in [2.24, 2.45) is 0 Å². The number of carbonyl (C=O) groups is 2. The maximum atomic E-state index is 14.2. The molecule has 1 atom stereocenters. The van der Waals surface area contributed by atoms with E-state index in [-0.39, 0.29) is 25.6 Å². The second-order valence-electron chi connectivity index (χ2n) is 10.4. The van der Waals surface area contributed by atoms with Gasteiger partial charge in [0.15, 0.2) is 0 Å². The molecule has 9 heteroatoms. The van der Waals surface area contributed by atoms with E-state index in [9.17, 15) is 14.0 Å². The monoisotopic (exact) mass is 628 g/mol. The van der Waals surface area contributed by atoms with Crippen molar-refractivity contribution in [3.05, 3.63) is 105 Å². The summed E-state index contributed by atoms with van der Waals surface area (Å²) in [6.45, 7) is 6.41. The molecule has 3 aromatic carbocycles. The van der Waals surface area contributed by atoms with Gasteiger partial charge in [-0.2, -0.15) is 0 Å². The lowest BCUT2D eigenvalue weighted by Gasteiger charge is -2.41. The second-order valence-corrected chi connectivity index (χ2v) is 11.7. The van der Waals surface area contributed by atoms with Crippen LogP contribution in [0.4, 0.5) is 9.18 Å². The Morgan fingerprint density at radius 1 is 1.07 bits per heavy atom. The summed E-state index contributed by atoms with van der Waals surface area (Å²) in [5, 5.41) is 0.612. The zero-order valence-corrected chi connectivity index (χ0v) is 24.9. The Balaban J connectivity index is 1.55. The molecule has 3 aromatic rings. The number of ether oxygens (including phenoxy) is 2. The third-order valence-electron chi connectivity index (χ3n) is 6.27. The van der Waals surface area contributed by atoms with Crippen LogP contribution in [-0.4, -0.2) is 47.0 Å². The summed E-state index contributed by atoms with van der Waals surface area (Å²) in [7, 11) is 0. The molecule has 1 unspecified atom stereocenters. The number of halogens is 3. The van der Waals surface area contributed by atoms with Gasteiger partial charge in [0.25, 0.3) is 0 Å². The van der Waals surface area contributed by atoms with Crippen LogP contribution in [-0.2, 0) is 16.1 Å². The van der Waals surface area contributed by atoms with Crippen LogP contribution in [0.2, 0.25) is 5.02 Å². The largest absolute Gasteiger partial charge is 0.488 e. The van der Waals surface area contributed by atoms with Gasteiger partial charge in [0, 0.05) is 46.3 Å². The minimum Gasteiger partial charge on any atom is -0.488 e. The highest BCUT2D eigenvalue weighted by molar-refractivity contribution is 9.10. The van der Waals surface area contributed by atoms with E-state index in [1.54, 1.807) is 54.8 Å². The Kier molecular flexibility index (Phi) is 9.53. The minimum atomic E-state index is -0.656. The quantitative estimate of drug-likeness (QED) is 0.263. The molecule has 0 aromatic heterocycles. The fraction of sp³-hybridized carbons (Fsp3) is 0.290. The number of piperazine rings is 1. The molecule has 1 fully saturated rings. The number of amides is 2. The van der Waals surface area contributed by atoms with Crippen LogP contribution in [0, 0.1) is 5.82 Å². The van der Waals surface area contributed by atoms with Crippen molar-refractivity contribution < 1.29 is 23.5 Å². The number of rotatable bonds is 6. The van der Waals surface area contributed by atoms with E-state index in [2.05, 4.69) is 15.9 Å². The molecule has 210 valence electrons. The average Bonchev–Trinajstić information content (AvgIpc) is 2.90. The van der Waals surface area contributed by atoms with Crippen LogP contribution in [0.5, 0.6) is 5.75 Å². The molecule has 1 saturated heterocycles. The predicted molar refractivity (Wildman–Crippen MR) is 158 cm³/mol. The first-order valence-corrected chi connectivity index (χ1v) is 14.0. The first-order chi connectivity index (χ1) is 19.0. The molecule has 0 bridgehead atoms. The molecule has 6 nitrogen and oxygen atoms in total. The van der Waals surface area contributed by atoms with Crippen molar-refractivity contribution in [3.63, 3.8) is 0 Å². The van der Waals surface area contributed by atoms with E-state index in [0.717, 1.165) is 10.0 Å². The molecule has 4 rings (SSSR count). The molecule has 0 saturated carbocycles. The van der Waals surface area contributed by atoms with Gasteiger partial charge in [-0.3, -0.25) is 4.79 Å². The minimum absolute atomic E-state index is 0.182. The summed E-state index contributed by atoms with van der Waals surface area (Å²) in [4.78, 5) is 29.5. The summed E-state index contributed by atoms with van der Waals surface area (Å²) in [6, 6.07) is 18.5. The molecular formula is C31H31BrClFN2O4. The number of carbonyl (C=O) groups excluding carboxylic acids is 2. The Bertz CT molecular complexity index is 1410. The van der Waals surface area contributed by atoms with Crippen LogP contribution in [0.15, 0.2) is 77.3 Å². The van der Waals surface area contributed by atoms with Gasteiger partial charge < -0.3 is 19.3 Å². The maximum absolute atomic E-state index is 14.2. The van der Waals surface area contributed by atoms with Crippen molar-refractivity contribution in [3.8, 4) is 5.75 Å². The summed E-state index contributed by atoms with van der Waals surface area (Å²) in [6.07, 6.45) is 2.70. The number of hydrogen-bond donors (Lipinski definition) is 0. The number of hydrogen-bond acceptors (Lipinski definition) is 4. The molecule has 1 aliphatic rings. The standard InChI is InChI=1S/C31H31BrClFN2O4/c1-31(2,3)40-30(38)35-15-16-36(27(19-35)21-8-6-9-25(34)18-21)29(37)14-11-22-17-24(32)12-13-28(22)39-20-23-7-4-5-10-26(23)33/h4-14,17-18,27H,15-16,19-20H2,1-3H3/b14-11+. The molecule has 2 amide bonds. The number of nitrogens with zero attached hydrogens (tertiary/aromatic N) is 2. The number of benzene rings is 3. The van der Waals surface area contributed by atoms with Gasteiger partial charge in [-0.25, -0.2) is 9.18 Å². The molecule has 1 aliphatic heterocycles. The lowest BCUT2D eigenvalue weighted by Crippen LogP contribution is -2.53. The van der Waals surface area contributed by atoms with Gasteiger partial charge in [0.05, 0.1) is 6.04 Å². The smallest absolute Gasteiger partial charge is 0.410 e. The third kappa shape index (κ3) is 7.86. The van der Waals surface area contributed by atoms with Gasteiger partial charge in [0.2, 0.25) is 5.91 Å². The van der Waals surface area contributed by atoms with E-state index in [1.807, 2.05) is 36.4 Å². The topological polar surface area (TPSA) is 59.1 Å². The van der Waals surface area contributed by atoms with Crippen LogP contribution in [0.3, 0.4) is 0 Å². The molecule has 0 radical (unpaired) electrons. The van der Waals surface area contributed by atoms with E-state index in [0.29, 0.717) is 28.4 Å². The molecule has 0 aliphatic carbocycles. The van der Waals surface area contributed by atoms with Gasteiger partial charge in [-0.15, -0.1) is 0 Å². The van der Waals surface area contributed by atoms with Crippen LogP contribution < -0.4 is 4.74 Å². The van der Waals surface area contributed by atoms with Crippen molar-refractivity contribution in [1.29, 1.82) is 0 Å². The van der Waals surface area contributed by atoms with Crippen molar-refractivity contribution >= 4 is 45.6 Å². The Morgan fingerprint density at radius 3 is 2.58 bits per heavy atom. The second kappa shape index (κ2) is 12.9. The lowest BCUT2D eigenvalue weighted by molar-refractivity contribution is -0.131. The highest BCUT2D eigenvalue weighted by Gasteiger charge is 2.34. The average molecular weight is 630 g/mol. The van der Waals surface area contributed by atoms with E-state index < -0.39 is 23.6 Å². The highest BCUT2D eigenvalue weighted by Crippen LogP contribution is 2.29. The normalized spacial score (nSPS) is 15.8. The molecule has 0 N–H and O–H groups in total.